The largest absolute Gasteiger partial charge is 0.192 e. The van der Waals surface area contributed by atoms with Gasteiger partial charge in [0.2, 0.25) is 0 Å². The number of benzene rings is 1. The molecule has 133 valence electrons. The van der Waals surface area contributed by atoms with Crippen LogP contribution in [0.3, 0.4) is 0 Å². The van der Waals surface area contributed by atoms with Crippen molar-refractivity contribution in [2.45, 2.75) is 92.9 Å². The van der Waals surface area contributed by atoms with Crippen LogP contribution in [0.15, 0.2) is 24.3 Å². The molecule has 0 nitrogen and oxygen atoms in total. The summed E-state index contributed by atoms with van der Waals surface area (Å²) in [5, 5.41) is 0. The monoisotopic (exact) mass is 354 g/mol. The van der Waals surface area contributed by atoms with E-state index in [1.54, 1.807) is 0 Å². The predicted molar refractivity (Wildman–Crippen MR) is 102 cm³/mol. The van der Waals surface area contributed by atoms with Crippen LogP contribution in [0, 0.1) is 11.8 Å². The van der Waals surface area contributed by atoms with E-state index in [4.69, 9.17) is 0 Å². The van der Waals surface area contributed by atoms with Gasteiger partial charge in [0, 0.05) is 18.6 Å². The van der Waals surface area contributed by atoms with Crippen molar-refractivity contribution in [2.75, 3.05) is 0 Å². The maximum absolute atomic E-state index is 2.36. The Morgan fingerprint density at radius 1 is 0.870 bits per heavy atom. The SMILES string of the molecule is CCCCC.C[CH-]c1ccc(C(C)(C)CC(C)(C)CC)cc1.[V]. The molecule has 0 aromatic heterocycles. The molecule has 0 saturated heterocycles. The number of hydrogen-bond donors (Lipinski definition) is 0. The first-order valence-electron chi connectivity index (χ1n) is 9.12. The van der Waals surface area contributed by atoms with Gasteiger partial charge in [0.15, 0.2) is 0 Å². The van der Waals surface area contributed by atoms with Gasteiger partial charge in [-0.3, -0.25) is 0 Å². The first-order chi connectivity index (χ1) is 10.2. The van der Waals surface area contributed by atoms with Crippen LogP contribution in [0.1, 0.15) is 98.6 Å². The molecule has 1 radical (unpaired) electrons. The molecular formula is C22H39V-. The molecule has 0 aliphatic carbocycles. The van der Waals surface area contributed by atoms with Gasteiger partial charge < -0.3 is 0 Å². The van der Waals surface area contributed by atoms with Gasteiger partial charge in [0.05, 0.1) is 0 Å². The fraction of sp³-hybridized carbons (Fsp3) is 0.682. The zero-order valence-corrected chi connectivity index (χ0v) is 18.3. The molecule has 1 aromatic rings. The fourth-order valence-corrected chi connectivity index (χ4v) is 2.90. The quantitative estimate of drug-likeness (QED) is 0.443. The molecular weight excluding hydrogens is 315 g/mol. The molecule has 0 spiro atoms. The van der Waals surface area contributed by atoms with Gasteiger partial charge in [-0.05, 0) is 17.3 Å². The maximum atomic E-state index is 2.36. The smallest absolute Gasteiger partial charge is 0 e. The van der Waals surface area contributed by atoms with Crippen molar-refractivity contribution in [3.05, 3.63) is 41.8 Å². The Balaban J connectivity index is 0. The van der Waals surface area contributed by atoms with Gasteiger partial charge >= 0.3 is 0 Å². The maximum Gasteiger partial charge on any atom is 0 e. The van der Waals surface area contributed by atoms with E-state index in [9.17, 15) is 0 Å². The van der Waals surface area contributed by atoms with Crippen LogP contribution >= 0.6 is 0 Å². The van der Waals surface area contributed by atoms with Crippen LogP contribution < -0.4 is 0 Å². The summed E-state index contributed by atoms with van der Waals surface area (Å²) in [6.07, 6.45) is 8.68. The van der Waals surface area contributed by atoms with Crippen LogP contribution in [0.4, 0.5) is 0 Å². The molecule has 0 bridgehead atoms. The second kappa shape index (κ2) is 12.1. The number of hydrogen-bond acceptors (Lipinski definition) is 0. The van der Waals surface area contributed by atoms with Crippen molar-refractivity contribution in [1.82, 2.24) is 0 Å². The number of rotatable bonds is 7. The summed E-state index contributed by atoms with van der Waals surface area (Å²) >= 11 is 0. The third kappa shape index (κ3) is 10.2. The topological polar surface area (TPSA) is 0 Å². The molecule has 1 heteroatoms. The van der Waals surface area contributed by atoms with Gasteiger partial charge in [0.25, 0.3) is 0 Å². The molecule has 1 rings (SSSR count). The predicted octanol–water partition coefficient (Wildman–Crippen LogP) is 7.56. The van der Waals surface area contributed by atoms with E-state index in [-0.39, 0.29) is 24.0 Å². The molecule has 0 amide bonds. The minimum atomic E-state index is 0. The van der Waals surface area contributed by atoms with Crippen molar-refractivity contribution < 1.29 is 18.6 Å². The summed E-state index contributed by atoms with van der Waals surface area (Å²) < 4.78 is 0. The van der Waals surface area contributed by atoms with E-state index in [1.165, 1.54) is 43.2 Å². The summed E-state index contributed by atoms with van der Waals surface area (Å²) in [6.45, 7) is 18.2. The Labute approximate surface area is 158 Å². The molecule has 1 aromatic carbocycles. The Bertz CT molecular complexity index is 385. The second-order valence-corrected chi connectivity index (χ2v) is 7.84. The van der Waals surface area contributed by atoms with Gasteiger partial charge in [-0.25, -0.2) is 0 Å². The summed E-state index contributed by atoms with van der Waals surface area (Å²) in [7, 11) is 0. The number of unbranched alkanes of at least 4 members (excludes halogenated alkanes) is 2. The fourth-order valence-electron chi connectivity index (χ4n) is 2.90. The molecule has 0 N–H and O–H groups in total. The van der Waals surface area contributed by atoms with Crippen LogP contribution in [0.5, 0.6) is 0 Å². The minimum Gasteiger partial charge on any atom is -0.192 e. The molecule has 23 heavy (non-hydrogen) atoms. The molecule has 0 atom stereocenters. The molecule has 0 aliphatic rings. The second-order valence-electron chi connectivity index (χ2n) is 7.84. The molecule has 0 unspecified atom stereocenters. The third-order valence-electron chi connectivity index (χ3n) is 4.61. The standard InChI is InChI=1S/C17H27.C5H12.V/c1-7-14-9-11-15(12-10-14)17(5,6)13-16(3,4)8-2;1-3-5-4-2;/h7,9-12H,8,13H2,1-6H3;3-5H2,1-2H3;/q-1;;. The van der Waals surface area contributed by atoms with Gasteiger partial charge in [-0.1, -0.05) is 86.6 Å². The first-order valence-corrected chi connectivity index (χ1v) is 9.12. The first kappa shape index (κ1) is 24.9. The average Bonchev–Trinajstić information content (AvgIpc) is 2.48. The van der Waals surface area contributed by atoms with Gasteiger partial charge in [-0.15, -0.1) is 12.1 Å². The van der Waals surface area contributed by atoms with Gasteiger partial charge in [-0.2, -0.15) is 24.1 Å². The Hall–Kier alpha value is -0.326. The van der Waals surface area contributed by atoms with Crippen LogP contribution in [0.25, 0.3) is 0 Å². The van der Waals surface area contributed by atoms with Gasteiger partial charge in [0.1, 0.15) is 0 Å². The van der Waals surface area contributed by atoms with E-state index in [0.717, 1.165) is 0 Å². The van der Waals surface area contributed by atoms with E-state index in [0.29, 0.717) is 5.41 Å². The van der Waals surface area contributed by atoms with Crippen LogP contribution in [-0.2, 0) is 24.0 Å². The van der Waals surface area contributed by atoms with Crippen molar-refractivity contribution in [3.63, 3.8) is 0 Å². The van der Waals surface area contributed by atoms with E-state index in [1.807, 2.05) is 0 Å². The Kier molecular flexibility index (Phi) is 13.1. The van der Waals surface area contributed by atoms with E-state index < -0.39 is 0 Å². The average molecular weight is 354 g/mol. The normalized spacial score (nSPS) is 11.1. The molecule has 0 aliphatic heterocycles. The minimum absolute atomic E-state index is 0. The summed E-state index contributed by atoms with van der Waals surface area (Å²) in [5.74, 6) is 0. The van der Waals surface area contributed by atoms with Crippen molar-refractivity contribution in [2.24, 2.45) is 5.41 Å². The van der Waals surface area contributed by atoms with E-state index in [2.05, 4.69) is 86.1 Å². The Morgan fingerprint density at radius 3 is 1.65 bits per heavy atom. The summed E-state index contributed by atoms with van der Waals surface area (Å²) in [4.78, 5) is 0. The van der Waals surface area contributed by atoms with Crippen molar-refractivity contribution >= 4 is 0 Å². The van der Waals surface area contributed by atoms with Crippen molar-refractivity contribution in [3.8, 4) is 0 Å². The molecule has 0 fully saturated rings. The Morgan fingerprint density at radius 2 is 1.35 bits per heavy atom. The van der Waals surface area contributed by atoms with Crippen LogP contribution in [-0.4, -0.2) is 0 Å². The summed E-state index contributed by atoms with van der Waals surface area (Å²) in [5.41, 5.74) is 3.43. The third-order valence-corrected chi connectivity index (χ3v) is 4.61. The van der Waals surface area contributed by atoms with Crippen LogP contribution in [0.2, 0.25) is 0 Å². The van der Waals surface area contributed by atoms with Crippen molar-refractivity contribution in [1.29, 1.82) is 0 Å². The van der Waals surface area contributed by atoms with E-state index >= 15 is 0 Å². The molecule has 0 saturated carbocycles. The zero-order valence-electron chi connectivity index (χ0n) is 16.9. The molecule has 0 heterocycles. The summed E-state index contributed by atoms with van der Waals surface area (Å²) in [6, 6.07) is 8.99. The zero-order chi connectivity index (χ0) is 17.2.